The van der Waals surface area contributed by atoms with E-state index in [1.54, 1.807) is 24.3 Å². The van der Waals surface area contributed by atoms with E-state index < -0.39 is 40.4 Å². The van der Waals surface area contributed by atoms with Gasteiger partial charge in [-0.15, -0.1) is 0 Å². The maximum Gasteiger partial charge on any atom is 0.362 e. The molecule has 3 rings (SSSR count). The summed E-state index contributed by atoms with van der Waals surface area (Å²) in [5.74, 6) is -2.21. The van der Waals surface area contributed by atoms with Crippen molar-refractivity contribution in [3.8, 4) is 5.75 Å². The molecule has 1 aromatic carbocycles. The van der Waals surface area contributed by atoms with Gasteiger partial charge in [0.25, 0.3) is 0 Å². The van der Waals surface area contributed by atoms with Gasteiger partial charge in [-0.25, -0.2) is 4.31 Å². The number of hydrogen-bond donors (Lipinski definition) is 4. The van der Waals surface area contributed by atoms with Crippen LogP contribution in [0, 0.1) is 11.3 Å². The second kappa shape index (κ2) is 10.1. The maximum atomic E-state index is 12.8. The fraction of sp³-hybridized carbons (Fsp3) is 0.333. The summed E-state index contributed by atoms with van der Waals surface area (Å²) in [5, 5.41) is 11.2. The number of nitrogens with two attached hydrogens (primary N) is 2. The summed E-state index contributed by atoms with van der Waals surface area (Å²) < 4.78 is 41.3. The van der Waals surface area contributed by atoms with Crippen LogP contribution >= 0.6 is 11.5 Å². The zero-order valence-corrected chi connectivity index (χ0v) is 19.4. The normalized spacial score (nSPS) is 18.4. The second-order valence-corrected chi connectivity index (χ2v) is 9.17. The average molecular weight is 512 g/mol. The first-order valence-electron chi connectivity index (χ1n) is 9.69. The molecule has 34 heavy (non-hydrogen) atoms. The Bertz CT molecular complexity index is 1230. The molecule has 0 spiro atoms. The highest BCUT2D eigenvalue weighted by Gasteiger charge is 2.51. The van der Waals surface area contributed by atoms with Gasteiger partial charge in [0.1, 0.15) is 18.2 Å². The van der Waals surface area contributed by atoms with Crippen molar-refractivity contribution >= 4 is 50.2 Å². The number of amides is 1. The molecule has 1 aromatic heterocycles. The van der Waals surface area contributed by atoms with E-state index in [0.717, 1.165) is 11.5 Å². The van der Waals surface area contributed by atoms with E-state index >= 15 is 0 Å². The molecule has 182 valence electrons. The molecular weight excluding hydrogens is 490 g/mol. The van der Waals surface area contributed by atoms with E-state index in [0.29, 0.717) is 15.6 Å². The fourth-order valence-corrected chi connectivity index (χ4v) is 4.48. The number of β-lactam (4-membered cyclic amide) rings is 1. The van der Waals surface area contributed by atoms with Crippen LogP contribution in [0.1, 0.15) is 24.7 Å². The quantitative estimate of drug-likeness (QED) is 0.0772. The Morgan fingerprint density at radius 2 is 2.00 bits per heavy atom. The Morgan fingerprint density at radius 3 is 2.53 bits per heavy atom. The van der Waals surface area contributed by atoms with Gasteiger partial charge < -0.3 is 21.0 Å². The molecule has 1 amide bonds. The molecule has 0 aliphatic carbocycles. The van der Waals surface area contributed by atoms with Crippen LogP contribution in [0.25, 0.3) is 0 Å². The molecule has 0 saturated carbocycles. The van der Waals surface area contributed by atoms with E-state index in [1.807, 2.05) is 0 Å². The SMILES string of the molecule is C[C@H]1[C@H](CC(=O)/C(=N\OCCOc2ccc(C(=N)N)cc2)c2nsc(N)n2)C(=O)N1S(=O)(=O)O. The first-order chi connectivity index (χ1) is 16.0. The lowest BCUT2D eigenvalue weighted by atomic mass is 9.86. The van der Waals surface area contributed by atoms with Gasteiger partial charge in [0, 0.05) is 23.5 Å². The minimum atomic E-state index is -4.70. The molecule has 14 nitrogen and oxygen atoms in total. The van der Waals surface area contributed by atoms with Gasteiger partial charge in [0.15, 0.2) is 23.2 Å². The molecule has 2 atom stereocenters. The van der Waals surface area contributed by atoms with E-state index in [4.69, 9.17) is 31.0 Å². The van der Waals surface area contributed by atoms with Gasteiger partial charge in [-0.05, 0) is 31.2 Å². The number of carbonyl (C=O) groups is 2. The largest absolute Gasteiger partial charge is 0.490 e. The summed E-state index contributed by atoms with van der Waals surface area (Å²) in [6, 6.07) is 5.59. The number of rotatable bonds is 11. The number of oxime groups is 1. The summed E-state index contributed by atoms with van der Waals surface area (Å²) in [7, 11) is -4.70. The van der Waals surface area contributed by atoms with E-state index in [-0.39, 0.29) is 35.7 Å². The Morgan fingerprint density at radius 1 is 1.32 bits per heavy atom. The highest BCUT2D eigenvalue weighted by molar-refractivity contribution is 7.84. The van der Waals surface area contributed by atoms with Crippen molar-refractivity contribution in [1.29, 1.82) is 5.41 Å². The molecule has 0 unspecified atom stereocenters. The molecule has 2 aromatic rings. The van der Waals surface area contributed by atoms with Gasteiger partial charge in [0.05, 0.1) is 12.0 Å². The van der Waals surface area contributed by atoms with E-state index in [9.17, 15) is 18.0 Å². The monoisotopic (exact) mass is 511 g/mol. The van der Waals surface area contributed by atoms with E-state index in [2.05, 4.69) is 14.5 Å². The van der Waals surface area contributed by atoms with Crippen molar-refractivity contribution in [2.24, 2.45) is 16.8 Å². The van der Waals surface area contributed by atoms with Crippen LogP contribution in [0.4, 0.5) is 5.13 Å². The third-order valence-electron chi connectivity index (χ3n) is 4.82. The highest BCUT2D eigenvalue weighted by Crippen LogP contribution is 2.32. The van der Waals surface area contributed by atoms with Gasteiger partial charge >= 0.3 is 10.3 Å². The lowest BCUT2D eigenvalue weighted by molar-refractivity contribution is -0.147. The van der Waals surface area contributed by atoms with Crippen molar-refractivity contribution in [1.82, 2.24) is 13.7 Å². The van der Waals surface area contributed by atoms with Crippen molar-refractivity contribution < 1.29 is 32.1 Å². The number of carbonyl (C=O) groups excluding carboxylic acids is 2. The predicted molar refractivity (Wildman–Crippen MR) is 121 cm³/mol. The summed E-state index contributed by atoms with van der Waals surface area (Å²) >= 11 is 0.830. The molecule has 0 radical (unpaired) electrons. The van der Waals surface area contributed by atoms with Gasteiger partial charge in [0.2, 0.25) is 11.7 Å². The Balaban J connectivity index is 1.61. The minimum Gasteiger partial charge on any atom is -0.490 e. The third-order valence-corrected chi connectivity index (χ3v) is 6.37. The van der Waals surface area contributed by atoms with Crippen LogP contribution < -0.4 is 16.2 Å². The predicted octanol–water partition coefficient (Wildman–Crippen LogP) is -0.187. The maximum absolute atomic E-state index is 12.8. The highest BCUT2D eigenvalue weighted by atomic mass is 32.2. The van der Waals surface area contributed by atoms with Crippen molar-refractivity contribution in [3.63, 3.8) is 0 Å². The molecule has 1 fully saturated rings. The Kier molecular flexibility index (Phi) is 7.43. The number of nitrogens with one attached hydrogen (secondary N) is 1. The first kappa shape index (κ1) is 25.0. The first-order valence-corrected chi connectivity index (χ1v) is 11.9. The van der Waals surface area contributed by atoms with Crippen molar-refractivity contribution in [2.45, 2.75) is 19.4 Å². The number of ether oxygens (including phenoxy) is 1. The number of Topliss-reactive ketones (excluding diaryl/α,β-unsaturated/α-hetero) is 1. The molecule has 2 heterocycles. The number of aromatic nitrogens is 2. The van der Waals surface area contributed by atoms with Crippen molar-refractivity contribution in [3.05, 3.63) is 35.7 Å². The number of nitrogens with zero attached hydrogens (tertiary/aromatic N) is 4. The topological polar surface area (TPSA) is 224 Å². The zero-order chi connectivity index (χ0) is 25.0. The van der Waals surface area contributed by atoms with Crippen LogP contribution in [0.5, 0.6) is 5.75 Å². The molecule has 6 N–H and O–H groups in total. The number of anilines is 1. The van der Waals surface area contributed by atoms with Crippen LogP contribution in [0.3, 0.4) is 0 Å². The van der Waals surface area contributed by atoms with Gasteiger partial charge in [-0.3, -0.25) is 19.6 Å². The number of ketones is 1. The second-order valence-electron chi connectivity index (χ2n) is 7.10. The lowest BCUT2D eigenvalue weighted by Gasteiger charge is -2.41. The van der Waals surface area contributed by atoms with Crippen molar-refractivity contribution in [2.75, 3.05) is 18.9 Å². The zero-order valence-electron chi connectivity index (χ0n) is 17.7. The van der Waals surface area contributed by atoms with Gasteiger partial charge in [-0.1, -0.05) is 5.16 Å². The summed E-state index contributed by atoms with van der Waals surface area (Å²) in [6.45, 7) is 1.40. The van der Waals surface area contributed by atoms with Crippen LogP contribution in [0.15, 0.2) is 29.4 Å². The molecule has 16 heteroatoms. The summed E-state index contributed by atoms with van der Waals surface area (Å²) in [6.07, 6.45) is -0.397. The Labute approximate surface area is 198 Å². The molecule has 1 aliphatic heterocycles. The standard InChI is InChI=1S/C18H21N7O7S2/c1-9-12(17(27)25(9)34(28,29)30)8-13(26)14(16-22-18(21)33-24-16)23-32-7-6-31-11-4-2-10(3-5-11)15(19)20/h2-5,9,12H,6-8H2,1H3,(H3,19,20)(H2,21,22,24)(H,28,29,30)/b23-14+/t9-,12-/m0/s1. The molecule has 0 bridgehead atoms. The Hall–Kier alpha value is -3.63. The molecule has 1 saturated heterocycles. The minimum absolute atomic E-state index is 0.0554. The van der Waals surface area contributed by atoms with Gasteiger partial charge in [-0.2, -0.15) is 17.8 Å². The van der Waals surface area contributed by atoms with Crippen LogP contribution in [0.2, 0.25) is 0 Å². The number of benzene rings is 1. The average Bonchev–Trinajstić information content (AvgIpc) is 3.19. The molecular formula is C18H21N7O7S2. The third kappa shape index (κ3) is 5.64. The lowest BCUT2D eigenvalue weighted by Crippen LogP contribution is -2.62. The summed E-state index contributed by atoms with van der Waals surface area (Å²) in [5.41, 5.74) is 11.2. The molecule has 1 aliphatic rings. The smallest absolute Gasteiger partial charge is 0.362 e. The number of nitrogen functional groups attached to an aromatic ring is 2. The van der Waals surface area contributed by atoms with Crippen LogP contribution in [-0.4, -0.2) is 69.1 Å². The van der Waals surface area contributed by atoms with Crippen LogP contribution in [-0.2, 0) is 24.7 Å². The number of amidine groups is 1. The van der Waals surface area contributed by atoms with E-state index in [1.165, 1.54) is 6.92 Å². The summed E-state index contributed by atoms with van der Waals surface area (Å²) in [4.78, 5) is 34.0. The fourth-order valence-electron chi connectivity index (χ4n) is 3.12. The number of hydrogen-bond acceptors (Lipinski definition) is 12.